The quantitative estimate of drug-likeness (QED) is 0.791. The topological polar surface area (TPSA) is 64.3 Å². The Hall–Kier alpha value is -1.20. The van der Waals surface area contributed by atoms with Gasteiger partial charge in [-0.05, 0) is 13.8 Å². The molecule has 2 atom stereocenters. The zero-order valence-corrected chi connectivity index (χ0v) is 9.76. The van der Waals surface area contributed by atoms with E-state index in [4.69, 9.17) is 10.5 Å². The van der Waals surface area contributed by atoms with E-state index in [0.29, 0.717) is 12.6 Å². The Morgan fingerprint density at radius 3 is 2.75 bits per heavy atom. The monoisotopic (exact) mass is 222 g/mol. The van der Waals surface area contributed by atoms with Crippen LogP contribution < -0.4 is 10.6 Å². The second-order valence-electron chi connectivity index (χ2n) is 4.24. The first-order valence-corrected chi connectivity index (χ1v) is 5.60. The summed E-state index contributed by atoms with van der Waals surface area (Å²) in [5.74, 6) is 0.764. The van der Waals surface area contributed by atoms with Crippen LogP contribution >= 0.6 is 0 Å². The van der Waals surface area contributed by atoms with Crippen LogP contribution in [0.25, 0.3) is 0 Å². The summed E-state index contributed by atoms with van der Waals surface area (Å²) < 4.78 is 5.57. The average Bonchev–Trinajstić information content (AvgIpc) is 2.32. The third-order valence-corrected chi connectivity index (χ3v) is 2.79. The smallest absolute Gasteiger partial charge is 0.225 e. The van der Waals surface area contributed by atoms with Gasteiger partial charge in [0.15, 0.2) is 0 Å². The molecule has 2 rings (SSSR count). The number of morpholine rings is 1. The van der Waals surface area contributed by atoms with Crippen molar-refractivity contribution < 1.29 is 4.74 Å². The third kappa shape index (κ3) is 2.31. The van der Waals surface area contributed by atoms with E-state index in [1.54, 1.807) is 12.4 Å². The van der Waals surface area contributed by atoms with Crippen LogP contribution in [0.3, 0.4) is 0 Å². The number of anilines is 1. The van der Waals surface area contributed by atoms with E-state index in [1.807, 2.05) is 0 Å². The molecule has 2 N–H and O–H groups in total. The molecule has 5 heteroatoms. The van der Waals surface area contributed by atoms with E-state index in [9.17, 15) is 0 Å². The fraction of sp³-hybridized carbons (Fsp3) is 0.636. The molecule has 1 aliphatic rings. The van der Waals surface area contributed by atoms with Crippen molar-refractivity contribution >= 4 is 5.95 Å². The second kappa shape index (κ2) is 4.76. The van der Waals surface area contributed by atoms with Gasteiger partial charge in [0.2, 0.25) is 5.95 Å². The summed E-state index contributed by atoms with van der Waals surface area (Å²) in [7, 11) is 0. The summed E-state index contributed by atoms with van der Waals surface area (Å²) in [6.45, 7) is 6.22. The molecule has 1 aromatic heterocycles. The maximum absolute atomic E-state index is 5.57. The van der Waals surface area contributed by atoms with Gasteiger partial charge in [-0.3, -0.25) is 0 Å². The predicted octanol–water partition coefficient (Wildman–Crippen LogP) is 0.549. The molecule has 0 saturated carbocycles. The zero-order chi connectivity index (χ0) is 11.5. The number of nitrogens with two attached hydrogens (primary N) is 1. The van der Waals surface area contributed by atoms with Crippen molar-refractivity contribution in [2.75, 3.05) is 18.1 Å². The first-order chi connectivity index (χ1) is 7.70. The van der Waals surface area contributed by atoms with Gasteiger partial charge in [-0.2, -0.15) is 0 Å². The van der Waals surface area contributed by atoms with Crippen LogP contribution in [0.2, 0.25) is 0 Å². The van der Waals surface area contributed by atoms with Crippen molar-refractivity contribution in [3.63, 3.8) is 0 Å². The van der Waals surface area contributed by atoms with Crippen molar-refractivity contribution in [2.45, 2.75) is 32.5 Å². The van der Waals surface area contributed by atoms with Crippen molar-refractivity contribution in [3.05, 3.63) is 18.0 Å². The first kappa shape index (κ1) is 11.3. The molecule has 1 aromatic rings. The minimum atomic E-state index is 0.231. The van der Waals surface area contributed by atoms with Gasteiger partial charge in [-0.15, -0.1) is 0 Å². The Bertz CT molecular complexity index is 340. The molecule has 0 bridgehead atoms. The van der Waals surface area contributed by atoms with Crippen LogP contribution in [0.4, 0.5) is 5.95 Å². The minimum Gasteiger partial charge on any atom is -0.375 e. The predicted molar refractivity (Wildman–Crippen MR) is 62.1 cm³/mol. The summed E-state index contributed by atoms with van der Waals surface area (Å²) in [5, 5.41) is 0. The fourth-order valence-electron chi connectivity index (χ4n) is 1.78. The van der Waals surface area contributed by atoms with Gasteiger partial charge in [-0.1, -0.05) is 0 Å². The summed E-state index contributed by atoms with van der Waals surface area (Å²) in [5.41, 5.74) is 6.47. The van der Waals surface area contributed by atoms with E-state index >= 15 is 0 Å². The molecule has 88 valence electrons. The van der Waals surface area contributed by atoms with E-state index in [-0.39, 0.29) is 6.10 Å². The average molecular weight is 222 g/mol. The normalized spacial score (nSPS) is 25.8. The Labute approximate surface area is 95.6 Å². The summed E-state index contributed by atoms with van der Waals surface area (Å²) in [6, 6.07) is 0.319. The van der Waals surface area contributed by atoms with Gasteiger partial charge in [0.1, 0.15) is 0 Å². The standard InChI is InChI=1S/C11H18N4O/c1-8-7-16-9(2)6-15(8)11-13-4-10(3-12)5-14-11/h4-5,8-9H,3,6-7,12H2,1-2H3. The molecule has 16 heavy (non-hydrogen) atoms. The molecule has 1 aliphatic heterocycles. The highest BCUT2D eigenvalue weighted by molar-refractivity contribution is 5.32. The van der Waals surface area contributed by atoms with Crippen LogP contribution in [0.15, 0.2) is 12.4 Å². The summed E-state index contributed by atoms with van der Waals surface area (Å²) in [4.78, 5) is 10.8. The van der Waals surface area contributed by atoms with Crippen LogP contribution in [0.1, 0.15) is 19.4 Å². The molecule has 2 heterocycles. The number of aromatic nitrogens is 2. The Morgan fingerprint density at radius 1 is 1.44 bits per heavy atom. The molecule has 1 fully saturated rings. The van der Waals surface area contributed by atoms with Crippen LogP contribution in [-0.2, 0) is 11.3 Å². The number of ether oxygens (including phenoxy) is 1. The van der Waals surface area contributed by atoms with Gasteiger partial charge >= 0.3 is 0 Å². The maximum atomic E-state index is 5.57. The molecule has 0 aromatic carbocycles. The SMILES string of the molecule is CC1CN(c2ncc(CN)cn2)C(C)CO1. The molecular formula is C11H18N4O. The highest BCUT2D eigenvalue weighted by Gasteiger charge is 2.25. The van der Waals surface area contributed by atoms with E-state index in [0.717, 1.165) is 24.7 Å². The van der Waals surface area contributed by atoms with Gasteiger partial charge in [0, 0.05) is 31.0 Å². The third-order valence-electron chi connectivity index (χ3n) is 2.79. The lowest BCUT2D eigenvalue weighted by Crippen LogP contribution is -2.48. The summed E-state index contributed by atoms with van der Waals surface area (Å²) in [6.07, 6.45) is 3.80. The Morgan fingerprint density at radius 2 is 2.12 bits per heavy atom. The van der Waals surface area contributed by atoms with Crippen molar-refractivity contribution in [3.8, 4) is 0 Å². The molecule has 0 spiro atoms. The first-order valence-electron chi connectivity index (χ1n) is 5.60. The Kier molecular flexibility index (Phi) is 3.36. The lowest BCUT2D eigenvalue weighted by molar-refractivity contribution is 0.0337. The van der Waals surface area contributed by atoms with Crippen LogP contribution in [0, 0.1) is 0 Å². The Balaban J connectivity index is 2.15. The van der Waals surface area contributed by atoms with Crippen LogP contribution in [0.5, 0.6) is 0 Å². The lowest BCUT2D eigenvalue weighted by atomic mass is 10.2. The van der Waals surface area contributed by atoms with Gasteiger partial charge in [0.05, 0.1) is 18.8 Å². The minimum absolute atomic E-state index is 0.231. The highest BCUT2D eigenvalue weighted by Crippen LogP contribution is 2.17. The zero-order valence-electron chi connectivity index (χ0n) is 9.76. The van der Waals surface area contributed by atoms with E-state index < -0.39 is 0 Å². The number of nitrogens with zero attached hydrogens (tertiary/aromatic N) is 3. The second-order valence-corrected chi connectivity index (χ2v) is 4.24. The van der Waals surface area contributed by atoms with Gasteiger partial charge < -0.3 is 15.4 Å². The fourth-order valence-corrected chi connectivity index (χ4v) is 1.78. The summed E-state index contributed by atoms with van der Waals surface area (Å²) >= 11 is 0. The molecule has 0 amide bonds. The molecule has 0 aliphatic carbocycles. The molecule has 5 nitrogen and oxygen atoms in total. The van der Waals surface area contributed by atoms with Crippen molar-refractivity contribution in [1.82, 2.24) is 9.97 Å². The maximum Gasteiger partial charge on any atom is 0.225 e. The lowest BCUT2D eigenvalue weighted by Gasteiger charge is -2.36. The highest BCUT2D eigenvalue weighted by atomic mass is 16.5. The largest absolute Gasteiger partial charge is 0.375 e. The number of hydrogen-bond acceptors (Lipinski definition) is 5. The van der Waals surface area contributed by atoms with E-state index in [2.05, 4.69) is 28.7 Å². The van der Waals surface area contributed by atoms with Gasteiger partial charge in [-0.25, -0.2) is 9.97 Å². The van der Waals surface area contributed by atoms with E-state index in [1.165, 1.54) is 0 Å². The van der Waals surface area contributed by atoms with Crippen molar-refractivity contribution in [2.24, 2.45) is 5.73 Å². The molecule has 0 radical (unpaired) electrons. The molecule has 2 unspecified atom stereocenters. The number of rotatable bonds is 2. The van der Waals surface area contributed by atoms with Crippen molar-refractivity contribution in [1.29, 1.82) is 0 Å². The van der Waals surface area contributed by atoms with Crippen LogP contribution in [-0.4, -0.2) is 35.3 Å². The van der Waals surface area contributed by atoms with Gasteiger partial charge in [0.25, 0.3) is 0 Å². The molecular weight excluding hydrogens is 204 g/mol. The number of hydrogen-bond donors (Lipinski definition) is 1. The molecule has 1 saturated heterocycles.